The molecule has 16 heteroatoms. The van der Waals surface area contributed by atoms with Crippen molar-refractivity contribution in [3.05, 3.63) is 35.9 Å². The maximum atomic E-state index is 11.4. The molecule has 0 spiro atoms. The first-order valence-electron chi connectivity index (χ1n) is 11.5. The van der Waals surface area contributed by atoms with Crippen LogP contribution in [0.2, 0.25) is 0 Å². The molecule has 0 heterocycles. The molecule has 0 bridgehead atoms. The van der Waals surface area contributed by atoms with Crippen LogP contribution < -0.4 is 11.1 Å². The monoisotopic (exact) mass is 573 g/mol. The summed E-state index contributed by atoms with van der Waals surface area (Å²) in [6, 6.07) is 8.14. The first kappa shape index (κ1) is 35.1. The Balaban J connectivity index is 0.00000263. The summed E-state index contributed by atoms with van der Waals surface area (Å²) in [6.07, 6.45) is 0.228. The van der Waals surface area contributed by atoms with E-state index in [1.807, 2.05) is 0 Å². The van der Waals surface area contributed by atoms with Gasteiger partial charge in [-0.15, -0.1) is 0 Å². The number of nitrogens with one attached hydrogen (secondary N) is 1. The zero-order valence-corrected chi connectivity index (χ0v) is 22.2. The lowest BCUT2D eigenvalue weighted by atomic mass is 10.0. The molecular weight excluding hydrogens is 538 g/mol. The smallest absolute Gasteiger partial charge is 0.317 e. The minimum atomic E-state index is -1.25. The molecule has 218 valence electrons. The molecule has 39 heavy (non-hydrogen) atoms. The van der Waals surface area contributed by atoms with Crippen LogP contribution in [0.4, 0.5) is 0 Å². The molecular formula is C23H35N5O10S. The van der Waals surface area contributed by atoms with Crippen molar-refractivity contribution in [1.29, 1.82) is 0 Å². The van der Waals surface area contributed by atoms with Crippen molar-refractivity contribution in [1.82, 2.24) is 20.0 Å². The van der Waals surface area contributed by atoms with Crippen LogP contribution in [-0.4, -0.2) is 141 Å². The second-order valence-electron chi connectivity index (χ2n) is 8.28. The molecule has 0 radical (unpaired) electrons. The van der Waals surface area contributed by atoms with Crippen LogP contribution in [-0.2, 0) is 30.4 Å². The van der Waals surface area contributed by atoms with Gasteiger partial charge >= 0.3 is 29.8 Å². The predicted molar refractivity (Wildman–Crippen MR) is 142 cm³/mol. The Labute approximate surface area is 230 Å². The maximum absolute atomic E-state index is 11.4. The number of carbonyl (C=O) groups is 5. The molecule has 15 nitrogen and oxygen atoms in total. The van der Waals surface area contributed by atoms with Crippen molar-refractivity contribution >= 4 is 47.2 Å². The van der Waals surface area contributed by atoms with Crippen LogP contribution in [0, 0.1) is 0 Å². The third kappa shape index (κ3) is 18.9. The highest BCUT2D eigenvalue weighted by atomic mass is 32.1. The highest BCUT2D eigenvalue weighted by molar-refractivity contribution is 7.80. The number of nitrogens with zero attached hydrogens (tertiary/aromatic N) is 3. The number of carboxylic acids is 5. The van der Waals surface area contributed by atoms with Gasteiger partial charge in [0.2, 0.25) is 0 Å². The number of hydrogen-bond donors (Lipinski definition) is 7. The Bertz CT molecular complexity index is 934. The maximum Gasteiger partial charge on any atom is 0.317 e. The lowest BCUT2D eigenvalue weighted by Gasteiger charge is -2.34. The van der Waals surface area contributed by atoms with Gasteiger partial charge in [0.1, 0.15) is 0 Å². The second-order valence-corrected chi connectivity index (χ2v) is 8.72. The molecule has 1 aromatic rings. The minimum Gasteiger partial charge on any atom is -0.480 e. The lowest BCUT2D eigenvalue weighted by Crippen LogP contribution is -2.51. The number of hydrogen-bond acceptors (Lipinski definition) is 9. The Morgan fingerprint density at radius 1 is 0.769 bits per heavy atom. The fraction of sp³-hybridized carbons (Fsp3) is 0.478. The highest BCUT2D eigenvalue weighted by Crippen LogP contribution is 2.12. The molecule has 0 saturated heterocycles. The molecule has 0 saturated carbocycles. The Morgan fingerprint density at radius 2 is 1.15 bits per heavy atom. The average molecular weight is 574 g/mol. The molecule has 0 aromatic heterocycles. The molecule has 0 aliphatic carbocycles. The van der Waals surface area contributed by atoms with E-state index in [1.165, 1.54) is 9.80 Å². The number of benzene rings is 1. The van der Waals surface area contributed by atoms with Crippen molar-refractivity contribution in [2.24, 2.45) is 5.73 Å². The fourth-order valence-electron chi connectivity index (χ4n) is 3.46. The summed E-state index contributed by atoms with van der Waals surface area (Å²) in [4.78, 5) is 60.0. The van der Waals surface area contributed by atoms with E-state index < -0.39 is 68.6 Å². The van der Waals surface area contributed by atoms with Crippen molar-refractivity contribution in [3.8, 4) is 0 Å². The first-order valence-corrected chi connectivity index (χ1v) is 11.9. The van der Waals surface area contributed by atoms with E-state index in [1.54, 1.807) is 37.4 Å². The van der Waals surface area contributed by atoms with E-state index in [0.717, 1.165) is 10.5 Å². The van der Waals surface area contributed by atoms with Gasteiger partial charge in [-0.25, -0.2) is 0 Å². The van der Waals surface area contributed by atoms with E-state index in [4.69, 9.17) is 15.9 Å². The summed E-state index contributed by atoms with van der Waals surface area (Å²) in [5, 5.41) is 48.7. The molecule has 0 aliphatic heterocycles. The lowest BCUT2D eigenvalue weighted by molar-refractivity contribution is -0.144. The van der Waals surface area contributed by atoms with Gasteiger partial charge in [0.05, 0.1) is 32.7 Å². The van der Waals surface area contributed by atoms with Gasteiger partial charge in [-0.05, 0) is 24.2 Å². The third-order valence-electron chi connectivity index (χ3n) is 5.03. The Morgan fingerprint density at radius 3 is 1.54 bits per heavy atom. The van der Waals surface area contributed by atoms with E-state index in [9.17, 15) is 39.3 Å². The number of aliphatic carboxylic acids is 5. The van der Waals surface area contributed by atoms with Gasteiger partial charge in [-0.1, -0.05) is 30.3 Å². The van der Waals surface area contributed by atoms with Crippen LogP contribution in [0.25, 0.3) is 0 Å². The van der Waals surface area contributed by atoms with Crippen molar-refractivity contribution < 1.29 is 49.5 Å². The number of rotatable bonds is 18. The summed E-state index contributed by atoms with van der Waals surface area (Å²) >= 11 is 4.36. The van der Waals surface area contributed by atoms with Crippen LogP contribution in [0.15, 0.2) is 30.3 Å². The topological polar surface area (TPSA) is 234 Å². The van der Waals surface area contributed by atoms with Crippen molar-refractivity contribution in [3.63, 3.8) is 0 Å². The number of carboxylic acid groups (broad SMARTS) is 5. The fourth-order valence-corrected chi connectivity index (χ4v) is 3.46. The second kappa shape index (κ2) is 19.2. The van der Waals surface area contributed by atoms with Gasteiger partial charge in [-0.2, -0.15) is 0 Å². The summed E-state index contributed by atoms with van der Waals surface area (Å²) in [5.41, 5.74) is 5.69. The number of thiocarbonyl (C=S) groups is 1. The first-order chi connectivity index (χ1) is 18.2. The molecule has 1 atom stereocenters. The summed E-state index contributed by atoms with van der Waals surface area (Å²) in [7, 11) is 1.68. The van der Waals surface area contributed by atoms with Gasteiger partial charge < -0.3 is 36.6 Å². The SMILES string of the molecule is CNC(N)=S.O=C(O)CN(CCN(CC(=O)O)CC(Cc1ccccc1)N(CC(=O)O)CC(=O)O)CC(=O)O. The third-order valence-corrected chi connectivity index (χ3v) is 5.24. The largest absolute Gasteiger partial charge is 0.480 e. The quantitative estimate of drug-likeness (QED) is 0.0977. The van der Waals surface area contributed by atoms with E-state index >= 15 is 0 Å². The van der Waals surface area contributed by atoms with Gasteiger partial charge in [0.15, 0.2) is 5.11 Å². The van der Waals surface area contributed by atoms with Gasteiger partial charge in [0, 0.05) is 32.7 Å². The predicted octanol–water partition coefficient (Wildman–Crippen LogP) is -1.62. The van der Waals surface area contributed by atoms with E-state index in [2.05, 4.69) is 17.5 Å². The van der Waals surface area contributed by atoms with Crippen LogP contribution in [0.5, 0.6) is 0 Å². The van der Waals surface area contributed by atoms with Crippen molar-refractivity contribution in [2.75, 3.05) is 59.4 Å². The molecule has 0 fully saturated rings. The van der Waals surface area contributed by atoms with Gasteiger partial charge in [0.25, 0.3) is 0 Å². The Kier molecular flexibility index (Phi) is 17.3. The molecule has 1 unspecified atom stereocenters. The van der Waals surface area contributed by atoms with E-state index in [-0.39, 0.29) is 26.1 Å². The van der Waals surface area contributed by atoms with Crippen LogP contribution in [0.1, 0.15) is 5.56 Å². The van der Waals surface area contributed by atoms with E-state index in [0.29, 0.717) is 5.11 Å². The van der Waals surface area contributed by atoms with Crippen molar-refractivity contribution in [2.45, 2.75) is 12.5 Å². The normalized spacial score (nSPS) is 11.4. The van der Waals surface area contributed by atoms with Crippen LogP contribution in [0.3, 0.4) is 0 Å². The summed E-state index contributed by atoms with van der Waals surface area (Å²) < 4.78 is 0. The zero-order valence-electron chi connectivity index (χ0n) is 21.4. The molecule has 8 N–H and O–H groups in total. The molecule has 1 aromatic carbocycles. The Hall–Kier alpha value is -3.86. The van der Waals surface area contributed by atoms with Gasteiger partial charge in [-0.3, -0.25) is 38.7 Å². The van der Waals surface area contributed by atoms with Crippen LogP contribution >= 0.6 is 12.2 Å². The highest BCUT2D eigenvalue weighted by Gasteiger charge is 2.27. The average Bonchev–Trinajstić information content (AvgIpc) is 2.81. The standard InChI is InChI=1S/C21H29N3O10.C2H6N2S/c25-17(26)10-22(6-7-23(11-18(27)28)12-19(29)30)9-16(8-15-4-2-1-3-5-15)24(13-20(31)32)14-21(33)34;1-4-2(3)5/h1-5,16H,6-14H2,(H,25,26)(H,27,28)(H,29,30)(H,31,32)(H,33,34);1H3,(H3,3,4,5). The molecule has 0 aliphatic rings. The number of nitrogens with two attached hydrogens (primary N) is 1. The minimum absolute atomic E-state index is 0.0356. The molecule has 1 rings (SSSR count). The summed E-state index contributed by atoms with van der Waals surface area (Å²) in [6.45, 7) is -2.96. The zero-order chi connectivity index (χ0) is 30.0. The molecule has 0 amide bonds. The summed E-state index contributed by atoms with van der Waals surface area (Å²) in [5.74, 6) is -6.20.